The third kappa shape index (κ3) is 4.07. The third-order valence-electron chi connectivity index (χ3n) is 2.33. The first-order valence-corrected chi connectivity index (χ1v) is 5.11. The van der Waals surface area contributed by atoms with E-state index in [1.807, 2.05) is 0 Å². The molecule has 0 aromatic rings. The van der Waals surface area contributed by atoms with Crippen molar-refractivity contribution in [2.24, 2.45) is 17.6 Å². The minimum atomic E-state index is 0.154. The Hall–Kier alpha value is -0.120. The Morgan fingerprint density at radius 3 is 2.77 bits per heavy atom. The van der Waals surface area contributed by atoms with Crippen molar-refractivity contribution in [2.75, 3.05) is 26.4 Å². The molecule has 0 aromatic heterocycles. The van der Waals surface area contributed by atoms with Crippen molar-refractivity contribution in [3.63, 3.8) is 0 Å². The standard InChI is InChI=1S/C10H21NO2/c1-8(2)5-13-7-10(11)9-3-4-12-6-9/h8-10H,3-7,11H2,1-2H3. The molecule has 3 heteroatoms. The maximum absolute atomic E-state index is 5.96. The Morgan fingerprint density at radius 1 is 1.46 bits per heavy atom. The smallest absolute Gasteiger partial charge is 0.0621 e. The molecule has 1 heterocycles. The van der Waals surface area contributed by atoms with Crippen molar-refractivity contribution < 1.29 is 9.47 Å². The first-order valence-electron chi connectivity index (χ1n) is 5.11. The number of hydrogen-bond donors (Lipinski definition) is 1. The van der Waals surface area contributed by atoms with E-state index >= 15 is 0 Å². The summed E-state index contributed by atoms with van der Waals surface area (Å²) >= 11 is 0. The van der Waals surface area contributed by atoms with Crippen LogP contribution in [-0.2, 0) is 9.47 Å². The van der Waals surface area contributed by atoms with Crippen LogP contribution in [0.15, 0.2) is 0 Å². The molecule has 1 aliphatic heterocycles. The monoisotopic (exact) mass is 187 g/mol. The van der Waals surface area contributed by atoms with Crippen LogP contribution in [0.2, 0.25) is 0 Å². The van der Waals surface area contributed by atoms with Crippen LogP contribution in [0.3, 0.4) is 0 Å². The van der Waals surface area contributed by atoms with E-state index in [1.165, 1.54) is 0 Å². The molecule has 0 bridgehead atoms. The molecule has 0 amide bonds. The van der Waals surface area contributed by atoms with Gasteiger partial charge in [0, 0.05) is 25.2 Å². The summed E-state index contributed by atoms with van der Waals surface area (Å²) < 4.78 is 10.8. The largest absolute Gasteiger partial charge is 0.381 e. The maximum Gasteiger partial charge on any atom is 0.0621 e. The van der Waals surface area contributed by atoms with E-state index in [2.05, 4.69) is 13.8 Å². The van der Waals surface area contributed by atoms with Crippen LogP contribution in [-0.4, -0.2) is 32.5 Å². The van der Waals surface area contributed by atoms with E-state index in [1.54, 1.807) is 0 Å². The van der Waals surface area contributed by atoms with Crippen LogP contribution >= 0.6 is 0 Å². The third-order valence-corrected chi connectivity index (χ3v) is 2.33. The highest BCUT2D eigenvalue weighted by Gasteiger charge is 2.22. The molecule has 1 rings (SSSR count). The maximum atomic E-state index is 5.96. The van der Waals surface area contributed by atoms with Gasteiger partial charge in [-0.15, -0.1) is 0 Å². The molecule has 0 spiro atoms. The van der Waals surface area contributed by atoms with Crippen LogP contribution in [0.5, 0.6) is 0 Å². The zero-order chi connectivity index (χ0) is 9.68. The first-order chi connectivity index (χ1) is 6.20. The van der Waals surface area contributed by atoms with Gasteiger partial charge < -0.3 is 15.2 Å². The van der Waals surface area contributed by atoms with Gasteiger partial charge in [-0.3, -0.25) is 0 Å². The van der Waals surface area contributed by atoms with Crippen molar-refractivity contribution in [1.82, 2.24) is 0 Å². The fourth-order valence-corrected chi connectivity index (χ4v) is 1.47. The van der Waals surface area contributed by atoms with E-state index in [0.717, 1.165) is 26.2 Å². The number of ether oxygens (including phenoxy) is 2. The molecule has 0 radical (unpaired) electrons. The Balaban J connectivity index is 2.06. The second kappa shape index (κ2) is 5.58. The predicted octanol–water partition coefficient (Wildman–Crippen LogP) is 1.02. The van der Waals surface area contributed by atoms with Gasteiger partial charge in [-0.25, -0.2) is 0 Å². The van der Waals surface area contributed by atoms with Crippen LogP contribution in [0.1, 0.15) is 20.3 Å². The molecule has 0 aromatic carbocycles. The van der Waals surface area contributed by atoms with E-state index < -0.39 is 0 Å². The van der Waals surface area contributed by atoms with Gasteiger partial charge in [0.25, 0.3) is 0 Å². The lowest BCUT2D eigenvalue weighted by molar-refractivity contribution is 0.0816. The Labute approximate surface area is 80.6 Å². The lowest BCUT2D eigenvalue weighted by atomic mass is 10.0. The summed E-state index contributed by atoms with van der Waals surface area (Å²) in [6.45, 7) is 7.44. The van der Waals surface area contributed by atoms with Crippen LogP contribution in [0, 0.1) is 11.8 Å². The molecule has 78 valence electrons. The van der Waals surface area contributed by atoms with Crippen LogP contribution in [0.25, 0.3) is 0 Å². The Kier molecular flexibility index (Phi) is 4.70. The lowest BCUT2D eigenvalue weighted by Crippen LogP contribution is -2.35. The summed E-state index contributed by atoms with van der Waals surface area (Å²) in [6.07, 6.45) is 1.09. The topological polar surface area (TPSA) is 44.5 Å². The van der Waals surface area contributed by atoms with Crippen molar-refractivity contribution in [2.45, 2.75) is 26.3 Å². The van der Waals surface area contributed by atoms with Crippen LogP contribution < -0.4 is 5.73 Å². The molecule has 0 aliphatic carbocycles. The quantitative estimate of drug-likeness (QED) is 0.699. The summed E-state index contributed by atoms with van der Waals surface area (Å²) in [5.41, 5.74) is 5.96. The van der Waals surface area contributed by atoms with E-state index in [-0.39, 0.29) is 6.04 Å². The van der Waals surface area contributed by atoms with Gasteiger partial charge in [-0.1, -0.05) is 13.8 Å². The molecule has 1 fully saturated rings. The summed E-state index contributed by atoms with van der Waals surface area (Å²) in [6, 6.07) is 0.154. The molecule has 2 N–H and O–H groups in total. The molecule has 1 aliphatic rings. The number of nitrogens with two attached hydrogens (primary N) is 1. The minimum Gasteiger partial charge on any atom is -0.381 e. The molecular weight excluding hydrogens is 166 g/mol. The van der Waals surface area contributed by atoms with Gasteiger partial charge >= 0.3 is 0 Å². The lowest BCUT2D eigenvalue weighted by Gasteiger charge is -2.18. The molecular formula is C10H21NO2. The number of rotatable bonds is 5. The molecule has 2 unspecified atom stereocenters. The van der Waals surface area contributed by atoms with Gasteiger partial charge in [-0.2, -0.15) is 0 Å². The van der Waals surface area contributed by atoms with Crippen molar-refractivity contribution >= 4 is 0 Å². The zero-order valence-electron chi connectivity index (χ0n) is 8.66. The fourth-order valence-electron chi connectivity index (χ4n) is 1.47. The van der Waals surface area contributed by atoms with Crippen LogP contribution in [0.4, 0.5) is 0 Å². The van der Waals surface area contributed by atoms with Gasteiger partial charge in [0.05, 0.1) is 13.2 Å². The number of hydrogen-bond acceptors (Lipinski definition) is 3. The molecule has 3 nitrogen and oxygen atoms in total. The average Bonchev–Trinajstić information content (AvgIpc) is 2.55. The van der Waals surface area contributed by atoms with Gasteiger partial charge in [0.1, 0.15) is 0 Å². The Bertz CT molecular complexity index is 133. The summed E-state index contributed by atoms with van der Waals surface area (Å²) in [7, 11) is 0. The summed E-state index contributed by atoms with van der Waals surface area (Å²) in [5.74, 6) is 1.10. The highest BCUT2D eigenvalue weighted by Crippen LogP contribution is 2.15. The minimum absolute atomic E-state index is 0.154. The molecule has 1 saturated heterocycles. The summed E-state index contributed by atoms with van der Waals surface area (Å²) in [5, 5.41) is 0. The van der Waals surface area contributed by atoms with E-state index in [4.69, 9.17) is 15.2 Å². The molecule has 0 saturated carbocycles. The van der Waals surface area contributed by atoms with Gasteiger partial charge in [0.2, 0.25) is 0 Å². The SMILES string of the molecule is CC(C)COCC(N)C1CCOC1. The van der Waals surface area contributed by atoms with E-state index in [9.17, 15) is 0 Å². The fraction of sp³-hybridized carbons (Fsp3) is 1.00. The van der Waals surface area contributed by atoms with Crippen molar-refractivity contribution in [1.29, 1.82) is 0 Å². The predicted molar refractivity (Wildman–Crippen MR) is 52.6 cm³/mol. The highest BCUT2D eigenvalue weighted by molar-refractivity contribution is 4.75. The second-order valence-corrected chi connectivity index (χ2v) is 4.22. The average molecular weight is 187 g/mol. The molecule has 2 atom stereocenters. The van der Waals surface area contributed by atoms with Crippen molar-refractivity contribution in [3.8, 4) is 0 Å². The van der Waals surface area contributed by atoms with Gasteiger partial charge in [-0.05, 0) is 12.3 Å². The first kappa shape index (κ1) is 11.0. The summed E-state index contributed by atoms with van der Waals surface area (Å²) in [4.78, 5) is 0. The molecule has 13 heavy (non-hydrogen) atoms. The van der Waals surface area contributed by atoms with Crippen molar-refractivity contribution in [3.05, 3.63) is 0 Å². The zero-order valence-corrected chi connectivity index (χ0v) is 8.66. The highest BCUT2D eigenvalue weighted by atomic mass is 16.5. The van der Waals surface area contributed by atoms with E-state index in [0.29, 0.717) is 18.4 Å². The second-order valence-electron chi connectivity index (χ2n) is 4.22. The van der Waals surface area contributed by atoms with Gasteiger partial charge in [0.15, 0.2) is 0 Å². The Morgan fingerprint density at radius 2 is 2.23 bits per heavy atom. The normalized spacial score (nSPS) is 25.4.